The topological polar surface area (TPSA) is 44.2 Å². The van der Waals surface area contributed by atoms with E-state index >= 15 is 0 Å². The van der Waals surface area contributed by atoms with E-state index in [1.165, 1.54) is 0 Å². The lowest BCUT2D eigenvalue weighted by Crippen LogP contribution is -2.34. The van der Waals surface area contributed by atoms with E-state index in [2.05, 4.69) is 121 Å². The van der Waals surface area contributed by atoms with Crippen LogP contribution in [0.1, 0.15) is 11.1 Å². The Morgan fingerprint density at radius 1 is 0.438 bits per heavy atom. The largest absolute Gasteiger partial charge is 0.456 e. The van der Waals surface area contributed by atoms with Gasteiger partial charge in [0.05, 0.1) is 11.3 Å². The normalized spacial score (nSPS) is 13.4. The molecule has 7 aromatic rings. The van der Waals surface area contributed by atoms with Gasteiger partial charge in [0, 0.05) is 46.5 Å². The van der Waals surface area contributed by atoms with Crippen LogP contribution >= 0.6 is 6.04 Å². The molecule has 0 atom stereocenters. The van der Waals surface area contributed by atoms with Gasteiger partial charge in [0.15, 0.2) is 0 Å². The molecule has 0 bridgehead atoms. The quantitative estimate of drug-likeness (QED) is 0.177. The van der Waals surface area contributed by atoms with Gasteiger partial charge in [-0.3, -0.25) is 9.97 Å². The lowest BCUT2D eigenvalue weighted by molar-refractivity contribution is 0.466. The fourth-order valence-corrected chi connectivity index (χ4v) is 11.2. The summed E-state index contributed by atoms with van der Waals surface area (Å²) in [6.07, 6.45) is 7.56. The molecule has 5 aromatic carbocycles. The minimum absolute atomic E-state index is 0.777. The Bertz CT molecular complexity index is 2290. The van der Waals surface area contributed by atoms with Gasteiger partial charge in [-0.1, -0.05) is 78.5 Å². The minimum atomic E-state index is -2.47. The Labute approximate surface area is 284 Å². The van der Waals surface area contributed by atoms with E-state index in [4.69, 9.17) is 21.3 Å². The van der Waals surface area contributed by atoms with E-state index in [9.17, 15) is 0 Å². The Kier molecular flexibility index (Phi) is 6.68. The maximum absolute atomic E-state index is 6.78. The van der Waals surface area contributed by atoms with Crippen LogP contribution in [-0.2, 0) is 11.8 Å². The monoisotopic (exact) mass is 656 g/mol. The first-order chi connectivity index (χ1) is 23.4. The van der Waals surface area contributed by atoms with Crippen LogP contribution in [0.25, 0.3) is 44.5 Å². The predicted molar refractivity (Wildman–Crippen MR) is 199 cm³/mol. The van der Waals surface area contributed by atoms with Crippen molar-refractivity contribution in [2.45, 2.75) is 13.8 Å². The van der Waals surface area contributed by atoms with Crippen molar-refractivity contribution >= 4 is 33.8 Å². The minimum Gasteiger partial charge on any atom is -0.456 e. The van der Waals surface area contributed by atoms with Crippen molar-refractivity contribution < 1.29 is 9.47 Å². The number of ether oxygens (including phenoxy) is 2. The van der Waals surface area contributed by atoms with Crippen LogP contribution in [0.5, 0.6) is 23.0 Å². The van der Waals surface area contributed by atoms with Crippen molar-refractivity contribution in [2.75, 3.05) is 0 Å². The molecule has 0 aliphatic carbocycles. The first-order valence-corrected chi connectivity index (χ1v) is 18.7. The Hall–Kier alpha value is -5.35. The molecule has 230 valence electrons. The van der Waals surface area contributed by atoms with Gasteiger partial charge in [-0.15, -0.1) is 0 Å². The molecule has 0 saturated heterocycles. The standard InChI is InChI=1S/C42H29N2O2PS/c1-26-18-34(24-43-22-26)30-10-6-28(7-11-30)32-14-16-40-38(20-32)45-36-4-3-5-37-42(36)47(40,48)41-17-15-33(21-39(41)46-37)29-8-12-31(13-9-29)35-19-27(2)23-44-25-35/h3-25H,1-2H3. The summed E-state index contributed by atoms with van der Waals surface area (Å²) in [6.45, 7) is 4.12. The van der Waals surface area contributed by atoms with Crippen molar-refractivity contribution in [3.05, 3.63) is 151 Å². The highest BCUT2D eigenvalue weighted by molar-refractivity contribution is 8.26. The van der Waals surface area contributed by atoms with Crippen molar-refractivity contribution in [3.8, 4) is 67.5 Å². The van der Waals surface area contributed by atoms with Crippen LogP contribution in [0, 0.1) is 13.8 Å². The van der Waals surface area contributed by atoms with Crippen molar-refractivity contribution in [3.63, 3.8) is 0 Å². The summed E-state index contributed by atoms with van der Waals surface area (Å²) in [5.41, 5.74) is 11.2. The molecule has 0 fully saturated rings. The van der Waals surface area contributed by atoms with Gasteiger partial charge in [0.1, 0.15) is 23.0 Å². The summed E-state index contributed by atoms with van der Waals surface area (Å²) in [6, 6.07) is 38.0. The second-order valence-electron chi connectivity index (χ2n) is 12.4. The van der Waals surface area contributed by atoms with E-state index in [0.29, 0.717) is 0 Å². The number of fused-ring (bicyclic) bond motifs is 4. The van der Waals surface area contributed by atoms with E-state index in [1.807, 2.05) is 43.0 Å². The highest BCUT2D eigenvalue weighted by atomic mass is 32.4. The van der Waals surface area contributed by atoms with E-state index in [-0.39, 0.29) is 0 Å². The van der Waals surface area contributed by atoms with Crippen molar-refractivity contribution in [2.24, 2.45) is 0 Å². The SMILES string of the molecule is Cc1cncc(-c2ccc(-c3ccc4c(c3)Oc3cccc5c3P4(=S)c3ccc(-c4ccc(-c6cncc(C)c6)cc4)cc3O5)cc2)c1. The summed E-state index contributed by atoms with van der Waals surface area (Å²) < 4.78 is 13.2. The summed E-state index contributed by atoms with van der Waals surface area (Å²) >= 11 is 6.78. The van der Waals surface area contributed by atoms with Gasteiger partial charge in [0.25, 0.3) is 0 Å². The van der Waals surface area contributed by atoms with Crippen LogP contribution < -0.4 is 25.4 Å². The maximum atomic E-state index is 6.78. The molecule has 0 spiro atoms. The molecule has 0 unspecified atom stereocenters. The van der Waals surface area contributed by atoms with Crippen LogP contribution in [0.4, 0.5) is 0 Å². The number of hydrogen-bond donors (Lipinski definition) is 0. The fourth-order valence-electron chi connectivity index (χ4n) is 6.79. The molecule has 4 nitrogen and oxygen atoms in total. The van der Waals surface area contributed by atoms with E-state index < -0.39 is 6.04 Å². The molecule has 4 heterocycles. The lowest BCUT2D eigenvalue weighted by atomic mass is 10.0. The maximum Gasteiger partial charge on any atom is 0.140 e. The van der Waals surface area contributed by atoms with Gasteiger partial charge < -0.3 is 9.47 Å². The summed E-state index contributed by atoms with van der Waals surface area (Å²) in [4.78, 5) is 8.72. The Morgan fingerprint density at radius 2 is 0.833 bits per heavy atom. The molecule has 0 N–H and O–H groups in total. The number of pyridine rings is 2. The average molecular weight is 657 g/mol. The number of aryl methyl sites for hydroxylation is 2. The third kappa shape index (κ3) is 4.70. The lowest BCUT2D eigenvalue weighted by Gasteiger charge is -2.37. The highest BCUT2D eigenvalue weighted by Gasteiger charge is 2.42. The van der Waals surface area contributed by atoms with Gasteiger partial charge in [-0.2, -0.15) is 0 Å². The zero-order valence-corrected chi connectivity index (χ0v) is 28.1. The van der Waals surface area contributed by atoms with Crippen LogP contribution in [0.3, 0.4) is 0 Å². The number of rotatable bonds is 4. The molecule has 0 saturated carbocycles. The number of hydrogen-bond acceptors (Lipinski definition) is 5. The van der Waals surface area contributed by atoms with Crippen LogP contribution in [-0.4, -0.2) is 9.97 Å². The first kappa shape index (κ1) is 28.8. The van der Waals surface area contributed by atoms with Gasteiger partial charge >= 0.3 is 0 Å². The molecule has 9 rings (SSSR count). The first-order valence-electron chi connectivity index (χ1n) is 15.9. The predicted octanol–water partition coefficient (Wildman–Crippen LogP) is 9.73. The second-order valence-corrected chi connectivity index (χ2v) is 16.7. The second kappa shape index (κ2) is 11.1. The molecule has 0 radical (unpaired) electrons. The summed E-state index contributed by atoms with van der Waals surface area (Å²) in [5, 5.41) is 3.10. The zero-order chi connectivity index (χ0) is 32.4. The average Bonchev–Trinajstić information content (AvgIpc) is 3.11. The zero-order valence-electron chi connectivity index (χ0n) is 26.3. The van der Waals surface area contributed by atoms with Gasteiger partial charge in [-0.05, 0) is 107 Å². The smallest absolute Gasteiger partial charge is 0.140 e. The molecule has 6 heteroatoms. The van der Waals surface area contributed by atoms with Crippen molar-refractivity contribution in [1.82, 2.24) is 9.97 Å². The van der Waals surface area contributed by atoms with Gasteiger partial charge in [-0.25, -0.2) is 0 Å². The highest BCUT2D eigenvalue weighted by Crippen LogP contribution is 2.59. The Morgan fingerprint density at radius 3 is 1.25 bits per heavy atom. The third-order valence-electron chi connectivity index (χ3n) is 9.17. The van der Waals surface area contributed by atoms with Crippen LogP contribution in [0.2, 0.25) is 0 Å². The molecule has 2 aliphatic rings. The van der Waals surface area contributed by atoms with E-state index in [0.717, 1.165) is 94.5 Å². The van der Waals surface area contributed by atoms with Crippen molar-refractivity contribution in [1.29, 1.82) is 0 Å². The number of benzene rings is 5. The number of aromatic nitrogens is 2. The van der Waals surface area contributed by atoms with Gasteiger partial charge in [0.2, 0.25) is 0 Å². The molecular formula is C42H29N2O2PS. The summed E-state index contributed by atoms with van der Waals surface area (Å²) in [7, 11) is 0. The Balaban J connectivity index is 1.09. The summed E-state index contributed by atoms with van der Waals surface area (Å²) in [5.74, 6) is 3.17. The molecular weight excluding hydrogens is 628 g/mol. The third-order valence-corrected chi connectivity index (χ3v) is 14.1. The molecule has 0 amide bonds. The van der Waals surface area contributed by atoms with E-state index in [1.54, 1.807) is 0 Å². The number of nitrogens with zero attached hydrogens (tertiary/aromatic N) is 2. The van der Waals surface area contributed by atoms with Crippen LogP contribution in [0.15, 0.2) is 140 Å². The molecule has 2 aliphatic heterocycles. The molecule has 48 heavy (non-hydrogen) atoms. The fraction of sp³-hybridized carbons (Fsp3) is 0.0476. The molecule has 2 aromatic heterocycles.